The number of esters is 1. The molecule has 1 aliphatic carbocycles. The lowest BCUT2D eigenvalue weighted by Gasteiger charge is -2.21. The van der Waals surface area contributed by atoms with Gasteiger partial charge in [-0.15, -0.1) is 0 Å². The summed E-state index contributed by atoms with van der Waals surface area (Å²) >= 11 is 0. The molecular formula is C28H29NO4. The molecule has 0 aliphatic heterocycles. The number of nitrogens with two attached hydrogens (primary N) is 1. The number of Topliss-reactive ketones (excluding diaryl/α,β-unsaturated/α-hetero) is 1. The predicted octanol–water partition coefficient (Wildman–Crippen LogP) is 4.66. The number of fused-ring (bicyclic) bond motifs is 3. The van der Waals surface area contributed by atoms with Gasteiger partial charge in [-0.05, 0) is 67.1 Å². The summed E-state index contributed by atoms with van der Waals surface area (Å²) in [6.07, 6.45) is 0.249. The number of ether oxygens (including phenoxy) is 2. The lowest BCUT2D eigenvalue weighted by molar-refractivity contribution is -0.154. The first-order valence-electron chi connectivity index (χ1n) is 11.2. The minimum Gasteiger partial charge on any atom is -0.488 e. The Kier molecular flexibility index (Phi) is 6.34. The Morgan fingerprint density at radius 3 is 1.97 bits per heavy atom. The maximum Gasteiger partial charge on any atom is 0.376 e. The highest BCUT2D eigenvalue weighted by atomic mass is 16.5. The lowest BCUT2D eigenvalue weighted by Crippen LogP contribution is -2.39. The first-order valence-corrected chi connectivity index (χ1v) is 11.2. The first kappa shape index (κ1) is 22.7. The van der Waals surface area contributed by atoms with Crippen LogP contribution in [0.15, 0.2) is 72.8 Å². The molecule has 0 heterocycles. The van der Waals surface area contributed by atoms with Crippen molar-refractivity contribution in [2.24, 2.45) is 5.73 Å². The Labute approximate surface area is 194 Å². The maximum absolute atomic E-state index is 12.6. The van der Waals surface area contributed by atoms with Crippen molar-refractivity contribution in [2.75, 3.05) is 6.61 Å². The monoisotopic (exact) mass is 443 g/mol. The zero-order valence-electron chi connectivity index (χ0n) is 19.2. The lowest BCUT2D eigenvalue weighted by atomic mass is 9.98. The van der Waals surface area contributed by atoms with E-state index in [2.05, 4.69) is 12.1 Å². The molecule has 5 nitrogen and oxygen atoms in total. The van der Waals surface area contributed by atoms with Crippen molar-refractivity contribution in [3.8, 4) is 16.9 Å². The topological polar surface area (TPSA) is 78.6 Å². The molecule has 1 aliphatic rings. The molecule has 0 radical (unpaired) electrons. The maximum atomic E-state index is 12.6. The van der Waals surface area contributed by atoms with E-state index >= 15 is 0 Å². The van der Waals surface area contributed by atoms with Crippen LogP contribution in [0.2, 0.25) is 0 Å². The molecule has 5 heteroatoms. The number of carbonyl (C=O) groups is 2. The zero-order chi connectivity index (χ0) is 23.6. The number of hydrogen-bond donors (Lipinski definition) is 1. The minimum atomic E-state index is -0.963. The largest absolute Gasteiger partial charge is 0.488 e. The molecule has 0 amide bonds. The second-order valence-corrected chi connectivity index (χ2v) is 9.36. The predicted molar refractivity (Wildman–Crippen MR) is 128 cm³/mol. The number of rotatable bonds is 7. The van der Waals surface area contributed by atoms with Crippen LogP contribution in [-0.4, -0.2) is 30.0 Å². The average Bonchev–Trinajstić information content (AvgIpc) is 3.11. The summed E-state index contributed by atoms with van der Waals surface area (Å²) in [5.41, 5.74) is 11.1. The van der Waals surface area contributed by atoms with Crippen LogP contribution in [0.5, 0.6) is 5.75 Å². The fourth-order valence-corrected chi connectivity index (χ4v) is 4.21. The van der Waals surface area contributed by atoms with Gasteiger partial charge >= 0.3 is 5.97 Å². The van der Waals surface area contributed by atoms with Gasteiger partial charge in [0, 0.05) is 5.92 Å². The number of ketones is 1. The molecule has 0 unspecified atom stereocenters. The van der Waals surface area contributed by atoms with Crippen LogP contribution in [0, 0.1) is 0 Å². The average molecular weight is 444 g/mol. The van der Waals surface area contributed by atoms with Crippen LogP contribution >= 0.6 is 0 Å². The highest BCUT2D eigenvalue weighted by Crippen LogP contribution is 2.44. The molecule has 33 heavy (non-hydrogen) atoms. The Morgan fingerprint density at radius 1 is 0.879 bits per heavy atom. The van der Waals surface area contributed by atoms with E-state index in [-0.39, 0.29) is 24.5 Å². The minimum absolute atomic E-state index is 0.0965. The third-order valence-electron chi connectivity index (χ3n) is 5.68. The number of benzene rings is 3. The van der Waals surface area contributed by atoms with E-state index in [1.54, 1.807) is 0 Å². The molecule has 4 rings (SSSR count). The fourth-order valence-electron chi connectivity index (χ4n) is 4.21. The summed E-state index contributed by atoms with van der Waals surface area (Å²) in [7, 11) is 0. The van der Waals surface area contributed by atoms with Gasteiger partial charge in [-0.25, -0.2) is 4.79 Å². The Bertz CT molecular complexity index is 1120. The van der Waals surface area contributed by atoms with E-state index in [1.165, 1.54) is 0 Å². The molecular weight excluding hydrogens is 414 g/mol. The standard InChI is InChI=1S/C28H29NO4/c1-28(2,3)33-19-14-12-18(13-15-19)16-25(29)26(30)27(31)32-17-24-22-10-6-4-8-20(22)21-9-5-7-11-23(21)24/h4-15,24-25H,16-17,29H2,1-3H3/t25-/m0/s1. The van der Waals surface area contributed by atoms with Gasteiger partial charge in [0.1, 0.15) is 18.0 Å². The Balaban J connectivity index is 1.37. The summed E-state index contributed by atoms with van der Waals surface area (Å²) in [6, 6.07) is 22.6. The second-order valence-electron chi connectivity index (χ2n) is 9.36. The van der Waals surface area contributed by atoms with E-state index < -0.39 is 17.8 Å². The van der Waals surface area contributed by atoms with E-state index in [0.717, 1.165) is 33.6 Å². The van der Waals surface area contributed by atoms with Crippen LogP contribution < -0.4 is 10.5 Å². The molecule has 0 saturated carbocycles. The molecule has 0 bridgehead atoms. The molecule has 1 atom stereocenters. The molecule has 3 aromatic rings. The molecule has 0 aromatic heterocycles. The van der Waals surface area contributed by atoms with Crippen LogP contribution in [0.1, 0.15) is 43.4 Å². The van der Waals surface area contributed by atoms with E-state index in [4.69, 9.17) is 15.2 Å². The molecule has 2 N–H and O–H groups in total. The van der Waals surface area contributed by atoms with Crippen molar-refractivity contribution in [1.29, 1.82) is 0 Å². The Morgan fingerprint density at radius 2 is 1.42 bits per heavy atom. The first-order chi connectivity index (χ1) is 15.7. The molecule has 0 fully saturated rings. The van der Waals surface area contributed by atoms with Crippen LogP contribution in [0.25, 0.3) is 11.1 Å². The van der Waals surface area contributed by atoms with Gasteiger partial charge in [0.25, 0.3) is 5.78 Å². The molecule has 0 spiro atoms. The van der Waals surface area contributed by atoms with Gasteiger partial charge in [0.2, 0.25) is 0 Å². The van der Waals surface area contributed by atoms with Crippen molar-refractivity contribution in [2.45, 2.75) is 44.8 Å². The summed E-state index contributed by atoms with van der Waals surface area (Å²) in [4.78, 5) is 25.1. The molecule has 0 saturated heterocycles. The van der Waals surface area contributed by atoms with Gasteiger partial charge in [-0.2, -0.15) is 0 Å². The molecule has 170 valence electrons. The van der Waals surface area contributed by atoms with Gasteiger partial charge in [-0.1, -0.05) is 60.7 Å². The number of hydrogen-bond acceptors (Lipinski definition) is 5. The molecule has 3 aromatic carbocycles. The van der Waals surface area contributed by atoms with Gasteiger partial charge < -0.3 is 15.2 Å². The fraction of sp³-hybridized carbons (Fsp3) is 0.286. The van der Waals surface area contributed by atoms with Crippen LogP contribution in [0.3, 0.4) is 0 Å². The highest BCUT2D eigenvalue weighted by molar-refractivity contribution is 6.35. The third-order valence-corrected chi connectivity index (χ3v) is 5.68. The second kappa shape index (κ2) is 9.20. The van der Waals surface area contributed by atoms with Crippen molar-refractivity contribution in [1.82, 2.24) is 0 Å². The highest BCUT2D eigenvalue weighted by Gasteiger charge is 2.31. The van der Waals surface area contributed by atoms with Crippen molar-refractivity contribution < 1.29 is 19.1 Å². The third kappa shape index (κ3) is 5.15. The number of carbonyl (C=O) groups excluding carboxylic acids is 2. The van der Waals surface area contributed by atoms with Crippen molar-refractivity contribution >= 4 is 11.8 Å². The van der Waals surface area contributed by atoms with E-state index in [9.17, 15) is 9.59 Å². The van der Waals surface area contributed by atoms with Crippen molar-refractivity contribution in [3.05, 3.63) is 89.5 Å². The summed E-state index contributed by atoms with van der Waals surface area (Å²) < 4.78 is 11.3. The Hall–Kier alpha value is -3.44. The normalized spacial score (nSPS) is 13.7. The van der Waals surface area contributed by atoms with Crippen molar-refractivity contribution in [3.63, 3.8) is 0 Å². The van der Waals surface area contributed by atoms with E-state index in [1.807, 2.05) is 81.4 Å². The summed E-state index contributed by atoms with van der Waals surface area (Å²) in [6.45, 7) is 6.03. The summed E-state index contributed by atoms with van der Waals surface area (Å²) in [5, 5.41) is 0. The SMILES string of the molecule is CC(C)(C)Oc1ccc(C[C@H](N)C(=O)C(=O)OCC2c3ccccc3-c3ccccc32)cc1. The van der Waals surface area contributed by atoms with Gasteiger partial charge in [0.05, 0.1) is 6.04 Å². The van der Waals surface area contributed by atoms with Gasteiger partial charge in [0.15, 0.2) is 0 Å². The van der Waals surface area contributed by atoms with Crippen LogP contribution in [0.4, 0.5) is 0 Å². The smallest absolute Gasteiger partial charge is 0.376 e. The quantitative estimate of drug-likeness (QED) is 0.424. The van der Waals surface area contributed by atoms with Crippen LogP contribution in [-0.2, 0) is 20.7 Å². The van der Waals surface area contributed by atoms with Gasteiger partial charge in [-0.3, -0.25) is 4.79 Å². The zero-order valence-corrected chi connectivity index (χ0v) is 19.2. The summed E-state index contributed by atoms with van der Waals surface area (Å²) in [5.74, 6) is -0.968. The van der Waals surface area contributed by atoms with E-state index in [0.29, 0.717) is 0 Å².